The second-order valence-corrected chi connectivity index (χ2v) is 8.55. The molecule has 2 aliphatic heterocycles. The van der Waals surface area contributed by atoms with E-state index < -0.39 is 17.4 Å². The molecule has 152 valence electrons. The molecule has 1 spiro atoms. The molecular weight excluding hydrogens is 414 g/mol. The lowest BCUT2D eigenvalue weighted by molar-refractivity contribution is -0.121. The number of aromatic nitrogens is 1. The van der Waals surface area contributed by atoms with Crippen LogP contribution in [0.2, 0.25) is 0 Å². The number of aryl methyl sites for hydroxylation is 1. The highest BCUT2D eigenvalue weighted by molar-refractivity contribution is 7.13. The summed E-state index contributed by atoms with van der Waals surface area (Å²) in [5, 5.41) is 2.39. The molecule has 2 aromatic heterocycles. The van der Waals surface area contributed by atoms with Crippen LogP contribution in [0.1, 0.15) is 27.2 Å². The van der Waals surface area contributed by atoms with Gasteiger partial charge in [0.2, 0.25) is 5.76 Å². The monoisotopic (exact) mass is 429 g/mol. The number of para-hydroxylation sites is 1. The summed E-state index contributed by atoms with van der Waals surface area (Å²) in [5.74, 6) is -1.06. The molecule has 0 saturated carbocycles. The van der Waals surface area contributed by atoms with Crippen LogP contribution in [-0.2, 0) is 10.3 Å². The number of carbonyl (C=O) groups is 2. The van der Waals surface area contributed by atoms with Crippen molar-refractivity contribution < 1.29 is 14.0 Å². The van der Waals surface area contributed by atoms with Crippen LogP contribution in [0.15, 0.2) is 63.3 Å². The number of nitrogens with zero attached hydrogens (tertiary/aromatic N) is 3. The Kier molecular flexibility index (Phi) is 3.42. The lowest BCUT2D eigenvalue weighted by Crippen LogP contribution is -2.53. The van der Waals surface area contributed by atoms with Crippen molar-refractivity contribution in [1.29, 1.82) is 0 Å². The maximum absolute atomic E-state index is 13.9. The van der Waals surface area contributed by atoms with E-state index in [1.165, 1.54) is 21.1 Å². The number of rotatable bonds is 1. The molecule has 0 radical (unpaired) electrons. The minimum Gasteiger partial charge on any atom is -0.450 e. The van der Waals surface area contributed by atoms with E-state index in [0.717, 1.165) is 5.56 Å². The highest BCUT2D eigenvalue weighted by Gasteiger charge is 2.65. The molecule has 6 rings (SSSR count). The van der Waals surface area contributed by atoms with Crippen molar-refractivity contribution in [2.75, 3.05) is 16.8 Å². The molecule has 4 heterocycles. The first-order valence-corrected chi connectivity index (χ1v) is 10.5. The average molecular weight is 429 g/mol. The van der Waals surface area contributed by atoms with Gasteiger partial charge >= 0.3 is 0 Å². The highest BCUT2D eigenvalue weighted by Crippen LogP contribution is 2.53. The van der Waals surface area contributed by atoms with E-state index in [4.69, 9.17) is 4.42 Å². The smallest absolute Gasteiger partial charge is 0.297 e. The molecule has 0 bridgehead atoms. The van der Waals surface area contributed by atoms with Gasteiger partial charge in [-0.1, -0.05) is 29.8 Å². The number of thiazole rings is 1. The zero-order valence-electron chi connectivity index (χ0n) is 16.6. The van der Waals surface area contributed by atoms with Gasteiger partial charge in [-0.2, -0.15) is 0 Å². The van der Waals surface area contributed by atoms with Gasteiger partial charge in [-0.05, 0) is 25.1 Å². The van der Waals surface area contributed by atoms with Crippen molar-refractivity contribution >= 4 is 44.9 Å². The molecule has 2 amide bonds. The van der Waals surface area contributed by atoms with Gasteiger partial charge in [0.1, 0.15) is 5.58 Å². The maximum Gasteiger partial charge on any atom is 0.297 e. The molecule has 7 nitrogen and oxygen atoms in total. The fourth-order valence-corrected chi connectivity index (χ4v) is 5.40. The van der Waals surface area contributed by atoms with E-state index in [2.05, 4.69) is 4.98 Å². The maximum atomic E-state index is 13.9. The van der Waals surface area contributed by atoms with Gasteiger partial charge in [0.05, 0.1) is 10.9 Å². The van der Waals surface area contributed by atoms with Crippen LogP contribution in [0.3, 0.4) is 0 Å². The SMILES string of the molecule is Cc1ccc2oc3c(c(=O)c2c1)C1(C(=O)N(C)c2ccccc21)N(c1nccs1)C3=O. The summed E-state index contributed by atoms with van der Waals surface area (Å²) in [6, 6.07) is 12.4. The number of amides is 2. The van der Waals surface area contributed by atoms with Crippen LogP contribution in [-0.4, -0.2) is 23.8 Å². The number of anilines is 2. The van der Waals surface area contributed by atoms with E-state index in [1.54, 1.807) is 49.0 Å². The predicted molar refractivity (Wildman–Crippen MR) is 117 cm³/mol. The van der Waals surface area contributed by atoms with Crippen LogP contribution in [0.25, 0.3) is 11.0 Å². The molecule has 1 unspecified atom stereocenters. The molecule has 0 N–H and O–H groups in total. The lowest BCUT2D eigenvalue weighted by atomic mass is 9.84. The summed E-state index contributed by atoms with van der Waals surface area (Å²) >= 11 is 1.23. The Labute approximate surface area is 180 Å². The van der Waals surface area contributed by atoms with Crippen LogP contribution < -0.4 is 15.2 Å². The molecule has 0 fully saturated rings. The summed E-state index contributed by atoms with van der Waals surface area (Å²) < 4.78 is 5.98. The third kappa shape index (κ3) is 2.02. The third-order valence-electron chi connectivity index (χ3n) is 6.02. The summed E-state index contributed by atoms with van der Waals surface area (Å²) in [6.45, 7) is 1.87. The Balaban J connectivity index is 1.82. The molecule has 8 heteroatoms. The van der Waals surface area contributed by atoms with Gasteiger partial charge in [0.25, 0.3) is 11.8 Å². The molecule has 31 heavy (non-hydrogen) atoms. The summed E-state index contributed by atoms with van der Waals surface area (Å²) in [7, 11) is 1.64. The Morgan fingerprint density at radius 3 is 2.68 bits per heavy atom. The molecular formula is C23H15N3O4S. The number of fused-ring (bicyclic) bond motifs is 5. The molecule has 0 saturated heterocycles. The van der Waals surface area contributed by atoms with Gasteiger partial charge < -0.3 is 9.32 Å². The Hall–Kier alpha value is -3.78. The van der Waals surface area contributed by atoms with Crippen LogP contribution in [0, 0.1) is 6.92 Å². The minimum atomic E-state index is -1.66. The Morgan fingerprint density at radius 1 is 1.10 bits per heavy atom. The number of hydrogen-bond donors (Lipinski definition) is 0. The summed E-state index contributed by atoms with van der Waals surface area (Å²) in [6.07, 6.45) is 1.56. The third-order valence-corrected chi connectivity index (χ3v) is 6.78. The molecule has 0 aliphatic carbocycles. The summed E-state index contributed by atoms with van der Waals surface area (Å²) in [4.78, 5) is 48.5. The second-order valence-electron chi connectivity index (χ2n) is 7.68. The fourth-order valence-electron chi connectivity index (χ4n) is 4.71. The number of hydrogen-bond acceptors (Lipinski definition) is 6. The Bertz CT molecular complexity index is 1490. The topological polar surface area (TPSA) is 83.7 Å². The number of likely N-dealkylation sites (N-methyl/N-ethyl adjacent to an activating group) is 1. The van der Waals surface area contributed by atoms with Gasteiger partial charge in [-0.25, -0.2) is 4.98 Å². The van der Waals surface area contributed by atoms with E-state index in [9.17, 15) is 14.4 Å². The average Bonchev–Trinajstić information content (AvgIpc) is 3.43. The molecule has 4 aromatic rings. The van der Waals surface area contributed by atoms with E-state index in [1.807, 2.05) is 19.1 Å². The van der Waals surface area contributed by atoms with Crippen LogP contribution in [0.5, 0.6) is 0 Å². The number of carbonyl (C=O) groups excluding carboxylic acids is 2. The largest absolute Gasteiger partial charge is 0.450 e. The highest BCUT2D eigenvalue weighted by atomic mass is 32.1. The van der Waals surface area contributed by atoms with Crippen molar-refractivity contribution in [2.24, 2.45) is 0 Å². The zero-order chi connectivity index (χ0) is 21.5. The van der Waals surface area contributed by atoms with Gasteiger partial charge in [-0.3, -0.25) is 19.3 Å². The quantitative estimate of drug-likeness (QED) is 0.463. The van der Waals surface area contributed by atoms with Gasteiger partial charge in [0, 0.05) is 29.9 Å². The molecule has 1 atom stereocenters. The zero-order valence-corrected chi connectivity index (χ0v) is 17.4. The second kappa shape index (κ2) is 5.89. The number of benzene rings is 2. The van der Waals surface area contributed by atoms with Crippen molar-refractivity contribution in [3.63, 3.8) is 0 Å². The Morgan fingerprint density at radius 2 is 1.90 bits per heavy atom. The minimum absolute atomic E-state index is 0.0487. The first-order chi connectivity index (χ1) is 15.0. The molecule has 2 aromatic carbocycles. The predicted octanol–water partition coefficient (Wildman–Crippen LogP) is 3.44. The lowest BCUT2D eigenvalue weighted by Gasteiger charge is -2.31. The van der Waals surface area contributed by atoms with Crippen molar-refractivity contribution in [3.8, 4) is 0 Å². The van der Waals surface area contributed by atoms with Crippen molar-refractivity contribution in [2.45, 2.75) is 12.5 Å². The normalized spacial score (nSPS) is 19.5. The fraction of sp³-hybridized carbons (Fsp3) is 0.130. The van der Waals surface area contributed by atoms with Gasteiger partial charge in [0.15, 0.2) is 16.1 Å². The van der Waals surface area contributed by atoms with Crippen molar-refractivity contribution in [3.05, 3.63) is 86.7 Å². The first kappa shape index (κ1) is 18.0. The van der Waals surface area contributed by atoms with Gasteiger partial charge in [-0.15, -0.1) is 11.3 Å². The van der Waals surface area contributed by atoms with E-state index >= 15 is 0 Å². The van der Waals surface area contributed by atoms with Crippen molar-refractivity contribution in [1.82, 2.24) is 4.98 Å². The standard InChI is InChI=1S/C23H15N3O4S/c1-12-7-8-16-13(11-12)18(27)17-19(30-16)20(28)26(22-24-9-10-31-22)23(17)14-5-3-4-6-15(14)25(2)21(23)29/h3-11H,1-2H3. The van der Waals surface area contributed by atoms with E-state index in [-0.39, 0.29) is 16.8 Å². The molecule has 2 aliphatic rings. The van der Waals surface area contributed by atoms with Crippen LogP contribution >= 0.6 is 11.3 Å². The van der Waals surface area contributed by atoms with Crippen LogP contribution in [0.4, 0.5) is 10.8 Å². The van der Waals surface area contributed by atoms with E-state index in [0.29, 0.717) is 27.4 Å². The summed E-state index contributed by atoms with van der Waals surface area (Å²) in [5.41, 5.74) is 0.394. The first-order valence-electron chi connectivity index (χ1n) is 9.66.